The summed E-state index contributed by atoms with van der Waals surface area (Å²) >= 11 is 0. The van der Waals surface area contributed by atoms with Crippen molar-refractivity contribution in [2.24, 2.45) is 5.92 Å². The molecule has 1 aliphatic rings. The summed E-state index contributed by atoms with van der Waals surface area (Å²) < 4.78 is 4.73. The summed E-state index contributed by atoms with van der Waals surface area (Å²) in [7, 11) is 1.38. The van der Waals surface area contributed by atoms with Crippen LogP contribution in [0.3, 0.4) is 0 Å². The van der Waals surface area contributed by atoms with Crippen LogP contribution in [0.2, 0.25) is 0 Å². The molecule has 0 saturated carbocycles. The molecule has 0 aromatic carbocycles. The zero-order chi connectivity index (χ0) is 14.7. The molecular formula is C13H17N3O4. The Labute approximate surface area is 116 Å². The lowest BCUT2D eigenvalue weighted by atomic mass is 9.97. The summed E-state index contributed by atoms with van der Waals surface area (Å²) in [6, 6.07) is 1.63. The zero-order valence-electron chi connectivity index (χ0n) is 11.5. The normalized spacial score (nSPS) is 16.0. The van der Waals surface area contributed by atoms with Crippen molar-refractivity contribution in [3.63, 3.8) is 0 Å². The molecule has 2 rings (SSSR count). The van der Waals surface area contributed by atoms with Crippen molar-refractivity contribution >= 4 is 17.5 Å². The van der Waals surface area contributed by atoms with E-state index in [0.717, 1.165) is 0 Å². The molecule has 0 spiro atoms. The van der Waals surface area contributed by atoms with Gasteiger partial charge in [-0.15, -0.1) is 0 Å². The van der Waals surface area contributed by atoms with Crippen molar-refractivity contribution < 1.29 is 14.5 Å². The van der Waals surface area contributed by atoms with Crippen LogP contribution < -0.4 is 4.90 Å². The number of hydrogen-bond donors (Lipinski definition) is 0. The van der Waals surface area contributed by atoms with E-state index in [9.17, 15) is 14.9 Å². The van der Waals surface area contributed by atoms with E-state index in [1.165, 1.54) is 7.11 Å². The molecule has 0 amide bonds. The number of ether oxygens (including phenoxy) is 1. The van der Waals surface area contributed by atoms with Crippen LogP contribution >= 0.6 is 0 Å². The molecular weight excluding hydrogens is 262 g/mol. The molecule has 0 radical (unpaired) electrons. The van der Waals surface area contributed by atoms with Crippen molar-refractivity contribution in [1.82, 2.24) is 4.98 Å². The number of nitrogens with zero attached hydrogens (tertiary/aromatic N) is 3. The second-order valence-electron chi connectivity index (χ2n) is 4.84. The van der Waals surface area contributed by atoms with Gasteiger partial charge in [-0.3, -0.25) is 14.9 Å². The number of esters is 1. The van der Waals surface area contributed by atoms with E-state index in [1.807, 2.05) is 4.90 Å². The SMILES string of the molecule is COC(=O)C1CCN(c2nccc(C)c2[N+](=O)[O-])CC1. The summed E-state index contributed by atoms with van der Waals surface area (Å²) in [5.41, 5.74) is 0.638. The molecule has 1 saturated heterocycles. The third-order valence-corrected chi connectivity index (χ3v) is 3.62. The summed E-state index contributed by atoms with van der Waals surface area (Å²) in [4.78, 5) is 28.3. The molecule has 7 heteroatoms. The smallest absolute Gasteiger partial charge is 0.314 e. The van der Waals surface area contributed by atoms with E-state index in [4.69, 9.17) is 4.74 Å². The van der Waals surface area contributed by atoms with Gasteiger partial charge in [-0.1, -0.05) is 0 Å². The van der Waals surface area contributed by atoms with Crippen LogP contribution in [0.4, 0.5) is 11.5 Å². The first-order valence-corrected chi connectivity index (χ1v) is 6.47. The minimum atomic E-state index is -0.399. The lowest BCUT2D eigenvalue weighted by molar-refractivity contribution is -0.384. The summed E-state index contributed by atoms with van der Waals surface area (Å²) in [5.74, 6) is 0.0507. The topological polar surface area (TPSA) is 85.6 Å². The van der Waals surface area contributed by atoms with Crippen LogP contribution in [0.25, 0.3) is 0 Å². The largest absolute Gasteiger partial charge is 0.469 e. The van der Waals surface area contributed by atoms with Crippen LogP contribution in [0.15, 0.2) is 12.3 Å². The summed E-state index contributed by atoms with van der Waals surface area (Å²) in [6.45, 7) is 2.83. The van der Waals surface area contributed by atoms with Crippen molar-refractivity contribution in [2.75, 3.05) is 25.1 Å². The van der Waals surface area contributed by atoms with Gasteiger partial charge in [0.15, 0.2) is 0 Å². The highest BCUT2D eigenvalue weighted by Crippen LogP contribution is 2.31. The number of carbonyl (C=O) groups excluding carboxylic acids is 1. The Balaban J connectivity index is 2.17. The van der Waals surface area contributed by atoms with Gasteiger partial charge in [-0.05, 0) is 25.8 Å². The number of hydrogen-bond acceptors (Lipinski definition) is 6. The average Bonchev–Trinajstić information content (AvgIpc) is 2.46. The quantitative estimate of drug-likeness (QED) is 0.475. The first-order chi connectivity index (χ1) is 9.54. The maximum absolute atomic E-state index is 11.5. The van der Waals surface area contributed by atoms with Gasteiger partial charge in [0.05, 0.1) is 18.0 Å². The molecule has 0 unspecified atom stereocenters. The lowest BCUT2D eigenvalue weighted by Gasteiger charge is -2.31. The number of piperidine rings is 1. The standard InChI is InChI=1S/C13H17N3O4/c1-9-3-6-14-12(11(9)16(18)19)15-7-4-10(5-8-15)13(17)20-2/h3,6,10H,4-5,7-8H2,1-2H3. The van der Waals surface area contributed by atoms with Gasteiger partial charge in [0.2, 0.25) is 5.82 Å². The molecule has 1 aliphatic heterocycles. The number of rotatable bonds is 3. The first-order valence-electron chi connectivity index (χ1n) is 6.47. The highest BCUT2D eigenvalue weighted by molar-refractivity contribution is 5.73. The highest BCUT2D eigenvalue weighted by atomic mass is 16.6. The van der Waals surface area contributed by atoms with E-state index in [1.54, 1.807) is 19.2 Å². The van der Waals surface area contributed by atoms with Crippen LogP contribution in [0.1, 0.15) is 18.4 Å². The Hall–Kier alpha value is -2.18. The van der Waals surface area contributed by atoms with Crippen LogP contribution in [0.5, 0.6) is 0 Å². The second kappa shape index (κ2) is 5.85. The van der Waals surface area contributed by atoms with Crippen LogP contribution in [-0.4, -0.2) is 36.1 Å². The van der Waals surface area contributed by atoms with E-state index >= 15 is 0 Å². The van der Waals surface area contributed by atoms with E-state index in [2.05, 4.69) is 4.98 Å². The van der Waals surface area contributed by atoms with E-state index in [0.29, 0.717) is 37.3 Å². The fourth-order valence-corrected chi connectivity index (χ4v) is 2.49. The predicted octanol–water partition coefficient (Wildman–Crippen LogP) is 1.69. The molecule has 20 heavy (non-hydrogen) atoms. The maximum Gasteiger partial charge on any atom is 0.314 e. The Bertz CT molecular complexity index is 524. The Morgan fingerprint density at radius 3 is 2.70 bits per heavy atom. The molecule has 2 heterocycles. The first kappa shape index (κ1) is 14.2. The number of carbonyl (C=O) groups is 1. The molecule has 0 bridgehead atoms. The monoisotopic (exact) mass is 279 g/mol. The Kier molecular flexibility index (Phi) is 4.16. The second-order valence-corrected chi connectivity index (χ2v) is 4.84. The Morgan fingerprint density at radius 2 is 2.15 bits per heavy atom. The predicted molar refractivity (Wildman–Crippen MR) is 72.6 cm³/mol. The molecule has 7 nitrogen and oxygen atoms in total. The fourth-order valence-electron chi connectivity index (χ4n) is 2.49. The minimum absolute atomic E-state index is 0.0454. The maximum atomic E-state index is 11.5. The third kappa shape index (κ3) is 2.71. The molecule has 0 atom stereocenters. The third-order valence-electron chi connectivity index (χ3n) is 3.62. The summed E-state index contributed by atoms with van der Waals surface area (Å²) in [6.07, 6.45) is 2.82. The molecule has 108 valence electrons. The molecule has 1 aromatic rings. The van der Waals surface area contributed by atoms with Crippen LogP contribution in [0, 0.1) is 23.0 Å². The zero-order valence-corrected chi connectivity index (χ0v) is 11.5. The van der Waals surface area contributed by atoms with Gasteiger partial charge in [-0.25, -0.2) is 4.98 Å². The minimum Gasteiger partial charge on any atom is -0.469 e. The number of pyridine rings is 1. The number of methoxy groups -OCH3 is 1. The number of anilines is 1. The van der Waals surface area contributed by atoms with Gasteiger partial charge >= 0.3 is 11.7 Å². The van der Waals surface area contributed by atoms with Crippen molar-refractivity contribution in [1.29, 1.82) is 0 Å². The molecule has 0 N–H and O–H groups in total. The summed E-state index contributed by atoms with van der Waals surface area (Å²) in [5, 5.41) is 11.2. The molecule has 1 fully saturated rings. The van der Waals surface area contributed by atoms with E-state index in [-0.39, 0.29) is 17.6 Å². The highest BCUT2D eigenvalue weighted by Gasteiger charge is 2.30. The van der Waals surface area contributed by atoms with Crippen molar-refractivity contribution in [3.05, 3.63) is 27.9 Å². The lowest BCUT2D eigenvalue weighted by Crippen LogP contribution is -2.37. The van der Waals surface area contributed by atoms with Crippen LogP contribution in [-0.2, 0) is 9.53 Å². The van der Waals surface area contributed by atoms with Gasteiger partial charge in [0.1, 0.15) is 0 Å². The van der Waals surface area contributed by atoms with Gasteiger partial charge in [0.25, 0.3) is 0 Å². The fraction of sp³-hybridized carbons (Fsp3) is 0.538. The van der Waals surface area contributed by atoms with Crippen molar-refractivity contribution in [3.8, 4) is 0 Å². The molecule has 0 aliphatic carbocycles. The van der Waals surface area contributed by atoms with Gasteiger partial charge in [-0.2, -0.15) is 0 Å². The Morgan fingerprint density at radius 1 is 1.50 bits per heavy atom. The van der Waals surface area contributed by atoms with Gasteiger partial charge < -0.3 is 9.64 Å². The van der Waals surface area contributed by atoms with Crippen molar-refractivity contribution in [2.45, 2.75) is 19.8 Å². The van der Waals surface area contributed by atoms with Gasteiger partial charge in [0, 0.05) is 24.8 Å². The number of nitro groups is 1. The van der Waals surface area contributed by atoms with E-state index < -0.39 is 4.92 Å². The number of aromatic nitrogens is 1. The number of aryl methyl sites for hydroxylation is 1. The molecule has 1 aromatic heterocycles. The average molecular weight is 279 g/mol.